The highest BCUT2D eigenvalue weighted by Crippen LogP contribution is 2.37. The summed E-state index contributed by atoms with van der Waals surface area (Å²) in [5.74, 6) is 1.34. The van der Waals surface area contributed by atoms with E-state index in [4.69, 9.17) is 21.1 Å². The molecule has 2 aliphatic heterocycles. The molecule has 29 heavy (non-hydrogen) atoms. The maximum Gasteiger partial charge on any atom is 0.254 e. The molecule has 1 amide bonds. The van der Waals surface area contributed by atoms with Gasteiger partial charge < -0.3 is 14.4 Å². The molecule has 9 heteroatoms. The highest BCUT2D eigenvalue weighted by Gasteiger charge is 2.34. The lowest BCUT2D eigenvalue weighted by Gasteiger charge is -2.37. The Balaban J connectivity index is 1.67. The van der Waals surface area contributed by atoms with Crippen LogP contribution >= 0.6 is 11.6 Å². The van der Waals surface area contributed by atoms with Crippen LogP contribution in [0.4, 0.5) is 0 Å². The topological polar surface area (TPSA) is 76.2 Å². The first kappa shape index (κ1) is 22.2. The minimum atomic E-state index is -2.91. The van der Waals surface area contributed by atoms with Crippen molar-refractivity contribution in [1.29, 1.82) is 0 Å². The van der Waals surface area contributed by atoms with Crippen LogP contribution in [0.3, 0.4) is 0 Å². The van der Waals surface area contributed by atoms with Crippen molar-refractivity contribution in [2.24, 2.45) is 0 Å². The third-order valence-electron chi connectivity index (χ3n) is 5.33. The van der Waals surface area contributed by atoms with Crippen LogP contribution in [0.2, 0.25) is 5.02 Å². The Bertz CT molecular complexity index is 838. The third kappa shape index (κ3) is 5.35. The van der Waals surface area contributed by atoms with Crippen molar-refractivity contribution in [1.82, 2.24) is 9.80 Å². The lowest BCUT2D eigenvalue weighted by atomic mass is 10.1. The van der Waals surface area contributed by atoms with Crippen LogP contribution in [0, 0.1) is 0 Å². The summed E-state index contributed by atoms with van der Waals surface area (Å²) in [5.41, 5.74) is 0.471. The van der Waals surface area contributed by atoms with Gasteiger partial charge in [0.05, 0.1) is 29.7 Å². The molecule has 2 fully saturated rings. The second-order valence-electron chi connectivity index (χ2n) is 7.45. The number of halogens is 1. The first-order chi connectivity index (χ1) is 13.8. The molecule has 0 aliphatic carbocycles. The number of carbonyl (C=O) groups excluding carboxylic acids is 1. The van der Waals surface area contributed by atoms with E-state index in [-0.39, 0.29) is 23.5 Å². The van der Waals surface area contributed by atoms with Crippen LogP contribution in [0.25, 0.3) is 0 Å². The summed E-state index contributed by atoms with van der Waals surface area (Å²) in [6, 6.07) is 3.40. The summed E-state index contributed by atoms with van der Waals surface area (Å²) in [6.45, 7) is 7.31. The van der Waals surface area contributed by atoms with E-state index in [9.17, 15) is 13.2 Å². The van der Waals surface area contributed by atoms with Crippen LogP contribution in [0.5, 0.6) is 11.5 Å². The zero-order chi connectivity index (χ0) is 21.0. The molecule has 0 aromatic heterocycles. The van der Waals surface area contributed by atoms with Crippen LogP contribution in [0.1, 0.15) is 37.0 Å². The number of amides is 1. The number of benzene rings is 1. The summed E-state index contributed by atoms with van der Waals surface area (Å²) in [7, 11) is -2.91. The van der Waals surface area contributed by atoms with Gasteiger partial charge in [-0.1, -0.05) is 18.5 Å². The number of sulfone groups is 1. The molecule has 2 aliphatic rings. The Hall–Kier alpha value is -1.51. The second kappa shape index (κ2) is 9.53. The Morgan fingerprint density at radius 2 is 1.90 bits per heavy atom. The predicted octanol–water partition coefficient (Wildman–Crippen LogP) is 2.47. The van der Waals surface area contributed by atoms with Crippen molar-refractivity contribution in [2.75, 3.05) is 50.9 Å². The molecule has 1 aromatic carbocycles. The molecule has 0 radical (unpaired) electrons. The summed E-state index contributed by atoms with van der Waals surface area (Å²) >= 11 is 6.38. The smallest absolute Gasteiger partial charge is 0.254 e. The van der Waals surface area contributed by atoms with Crippen molar-refractivity contribution in [3.8, 4) is 11.5 Å². The van der Waals surface area contributed by atoms with Gasteiger partial charge in [0.2, 0.25) is 0 Å². The Kier molecular flexibility index (Phi) is 7.29. The minimum Gasteiger partial charge on any atom is -0.490 e. The van der Waals surface area contributed by atoms with E-state index in [1.807, 2.05) is 13.8 Å². The van der Waals surface area contributed by atoms with E-state index < -0.39 is 9.84 Å². The number of piperazine rings is 1. The molecule has 3 rings (SSSR count). The first-order valence-electron chi connectivity index (χ1n) is 10.2. The maximum atomic E-state index is 13.0. The van der Waals surface area contributed by atoms with Gasteiger partial charge >= 0.3 is 0 Å². The predicted molar refractivity (Wildman–Crippen MR) is 113 cm³/mol. The van der Waals surface area contributed by atoms with Gasteiger partial charge in [0.1, 0.15) is 0 Å². The van der Waals surface area contributed by atoms with Crippen molar-refractivity contribution >= 4 is 27.3 Å². The molecule has 0 bridgehead atoms. The van der Waals surface area contributed by atoms with E-state index in [1.165, 1.54) is 0 Å². The lowest BCUT2D eigenvalue weighted by molar-refractivity contribution is 0.0587. The summed E-state index contributed by atoms with van der Waals surface area (Å²) in [5, 5.41) is 0.363. The lowest BCUT2D eigenvalue weighted by Crippen LogP contribution is -2.52. The van der Waals surface area contributed by atoms with E-state index >= 15 is 0 Å². The van der Waals surface area contributed by atoms with Crippen LogP contribution < -0.4 is 9.47 Å². The number of hydrogen-bond donors (Lipinski definition) is 0. The Labute approximate surface area is 177 Å². The van der Waals surface area contributed by atoms with Crippen LogP contribution in [-0.4, -0.2) is 81.1 Å². The van der Waals surface area contributed by atoms with Crippen molar-refractivity contribution < 1.29 is 22.7 Å². The van der Waals surface area contributed by atoms with Crippen LogP contribution in [-0.2, 0) is 9.84 Å². The molecule has 162 valence electrons. The van der Waals surface area contributed by atoms with E-state index in [2.05, 4.69) is 4.90 Å². The maximum absolute atomic E-state index is 13.0. The molecule has 1 atom stereocenters. The monoisotopic (exact) mass is 444 g/mol. The molecule has 0 spiro atoms. The second-order valence-corrected chi connectivity index (χ2v) is 10.1. The average Bonchev–Trinajstić information content (AvgIpc) is 3.07. The number of rotatable bonds is 7. The first-order valence-corrected chi connectivity index (χ1v) is 12.4. The van der Waals surface area contributed by atoms with Gasteiger partial charge in [-0.15, -0.1) is 0 Å². The fraction of sp³-hybridized carbons (Fsp3) is 0.650. The zero-order valence-electron chi connectivity index (χ0n) is 17.0. The van der Waals surface area contributed by atoms with Crippen LogP contribution in [0.15, 0.2) is 12.1 Å². The Morgan fingerprint density at radius 1 is 1.17 bits per heavy atom. The van der Waals surface area contributed by atoms with Crippen molar-refractivity contribution in [3.05, 3.63) is 22.7 Å². The molecule has 0 N–H and O–H groups in total. The minimum absolute atomic E-state index is 0.0752. The van der Waals surface area contributed by atoms with Gasteiger partial charge in [-0.2, -0.15) is 0 Å². The molecular weight excluding hydrogens is 416 g/mol. The normalized spacial score (nSPS) is 21.9. The van der Waals surface area contributed by atoms with E-state index in [0.29, 0.717) is 67.9 Å². The van der Waals surface area contributed by atoms with Gasteiger partial charge in [-0.05, 0) is 31.9 Å². The fourth-order valence-corrected chi connectivity index (χ4v) is 5.86. The van der Waals surface area contributed by atoms with Crippen molar-refractivity contribution in [2.45, 2.75) is 32.7 Å². The molecule has 1 aromatic rings. The average molecular weight is 445 g/mol. The highest BCUT2D eigenvalue weighted by molar-refractivity contribution is 7.91. The Morgan fingerprint density at radius 3 is 2.48 bits per heavy atom. The highest BCUT2D eigenvalue weighted by atomic mass is 35.5. The SMILES string of the molecule is CCCOc1c(Cl)cc(C(=O)N2CCN(C3CCS(=O)(=O)C3)CC2)cc1OCC. The zero-order valence-corrected chi connectivity index (χ0v) is 18.6. The van der Waals surface area contributed by atoms with E-state index in [0.717, 1.165) is 6.42 Å². The van der Waals surface area contributed by atoms with Gasteiger partial charge in [0, 0.05) is 37.8 Å². The molecular formula is C20H29ClN2O5S. The van der Waals surface area contributed by atoms with Gasteiger partial charge in [-0.25, -0.2) is 8.42 Å². The molecule has 2 saturated heterocycles. The quantitative estimate of drug-likeness (QED) is 0.643. The largest absolute Gasteiger partial charge is 0.490 e. The fourth-order valence-electron chi connectivity index (χ4n) is 3.83. The summed E-state index contributed by atoms with van der Waals surface area (Å²) < 4.78 is 34.8. The standard InChI is InChI=1S/C20H29ClN2O5S/c1-3-10-28-19-17(21)12-15(13-18(19)27-4-2)20(24)23-8-6-22(7-9-23)16-5-11-29(25,26)14-16/h12-13,16H,3-11,14H2,1-2H3. The molecule has 2 heterocycles. The van der Waals surface area contributed by atoms with Gasteiger partial charge in [0.15, 0.2) is 21.3 Å². The summed E-state index contributed by atoms with van der Waals surface area (Å²) in [6.07, 6.45) is 1.53. The van der Waals surface area contributed by atoms with Gasteiger partial charge in [-0.3, -0.25) is 9.69 Å². The van der Waals surface area contributed by atoms with Crippen molar-refractivity contribution in [3.63, 3.8) is 0 Å². The molecule has 7 nitrogen and oxygen atoms in total. The van der Waals surface area contributed by atoms with Gasteiger partial charge in [0.25, 0.3) is 5.91 Å². The van der Waals surface area contributed by atoms with E-state index in [1.54, 1.807) is 17.0 Å². The number of carbonyl (C=O) groups is 1. The number of ether oxygens (including phenoxy) is 2. The third-order valence-corrected chi connectivity index (χ3v) is 7.36. The molecule has 0 saturated carbocycles. The number of hydrogen-bond acceptors (Lipinski definition) is 6. The summed E-state index contributed by atoms with van der Waals surface area (Å²) in [4.78, 5) is 17.0. The molecule has 1 unspecified atom stereocenters. The number of nitrogens with zero attached hydrogens (tertiary/aromatic N) is 2.